The minimum Gasteiger partial charge on any atom is -0.324 e. The number of fused-ring (bicyclic) bond motifs is 1. The minimum absolute atomic E-state index is 0.0438. The lowest BCUT2D eigenvalue weighted by molar-refractivity contribution is -0.137. The molecule has 3 aromatic rings. The molecule has 34 heavy (non-hydrogen) atoms. The summed E-state index contributed by atoms with van der Waals surface area (Å²) < 4.78 is 38.9. The third-order valence-corrected chi connectivity index (χ3v) is 5.23. The summed E-state index contributed by atoms with van der Waals surface area (Å²) in [6, 6.07) is 17.1. The zero-order chi connectivity index (χ0) is 24.5. The standard InChI is InChI=1S/C25H18F3N3O3/c1-15-18-9-2-3-10-19(18)24(34)31(15)14-22(32)30-21-12-5-4-11-20(21)23(33)29-17-8-6-7-16(13-17)25(26,27)28/h2-13H,1,14H2,(H,29,33)(H,30,32). The van der Waals surface area contributed by atoms with Crippen LogP contribution in [-0.2, 0) is 11.0 Å². The van der Waals surface area contributed by atoms with Crippen molar-refractivity contribution in [1.29, 1.82) is 0 Å². The summed E-state index contributed by atoms with van der Waals surface area (Å²) in [6.45, 7) is 3.56. The topological polar surface area (TPSA) is 78.5 Å². The zero-order valence-electron chi connectivity index (χ0n) is 17.6. The summed E-state index contributed by atoms with van der Waals surface area (Å²) in [4.78, 5) is 39.3. The zero-order valence-corrected chi connectivity index (χ0v) is 17.6. The van der Waals surface area contributed by atoms with E-state index in [-0.39, 0.29) is 29.4 Å². The molecular weight excluding hydrogens is 447 g/mol. The minimum atomic E-state index is -4.55. The highest BCUT2D eigenvalue weighted by molar-refractivity contribution is 6.13. The second kappa shape index (κ2) is 8.86. The Labute approximate surface area is 192 Å². The number of amides is 3. The second-order valence-corrected chi connectivity index (χ2v) is 7.51. The predicted molar refractivity (Wildman–Crippen MR) is 121 cm³/mol. The van der Waals surface area contributed by atoms with Crippen molar-refractivity contribution < 1.29 is 27.6 Å². The maximum atomic E-state index is 13.0. The number of para-hydroxylation sites is 1. The molecule has 9 heteroatoms. The first-order valence-corrected chi connectivity index (χ1v) is 10.1. The number of benzene rings is 3. The SMILES string of the molecule is C=C1c2ccccc2C(=O)N1CC(=O)Nc1ccccc1C(=O)Nc1cccc(C(F)(F)F)c1. The van der Waals surface area contributed by atoms with Crippen LogP contribution in [0, 0.1) is 0 Å². The molecule has 3 amide bonds. The average Bonchev–Trinajstić information content (AvgIpc) is 3.04. The van der Waals surface area contributed by atoms with Gasteiger partial charge in [-0.05, 0) is 36.4 Å². The van der Waals surface area contributed by atoms with E-state index in [1.807, 2.05) is 0 Å². The number of nitrogens with zero attached hydrogens (tertiary/aromatic N) is 1. The molecule has 0 saturated carbocycles. The Morgan fingerprint density at radius 1 is 0.882 bits per heavy atom. The molecule has 0 fully saturated rings. The molecule has 0 atom stereocenters. The van der Waals surface area contributed by atoms with Crippen molar-refractivity contribution >= 4 is 34.8 Å². The molecule has 172 valence electrons. The summed E-state index contributed by atoms with van der Waals surface area (Å²) in [5.41, 5.74) is 0.726. The molecule has 0 saturated heterocycles. The molecule has 2 N–H and O–H groups in total. The molecule has 0 aromatic heterocycles. The van der Waals surface area contributed by atoms with Gasteiger partial charge in [0.1, 0.15) is 6.54 Å². The number of anilines is 2. The fourth-order valence-electron chi connectivity index (χ4n) is 3.60. The van der Waals surface area contributed by atoms with Crippen molar-refractivity contribution in [3.63, 3.8) is 0 Å². The van der Waals surface area contributed by atoms with Crippen LogP contribution in [0.4, 0.5) is 24.5 Å². The first-order valence-electron chi connectivity index (χ1n) is 10.1. The number of carbonyl (C=O) groups is 3. The van der Waals surface area contributed by atoms with Gasteiger partial charge in [-0.15, -0.1) is 0 Å². The van der Waals surface area contributed by atoms with Gasteiger partial charge in [0, 0.05) is 22.5 Å². The Hall–Kier alpha value is -4.40. The monoisotopic (exact) mass is 465 g/mol. The van der Waals surface area contributed by atoms with E-state index < -0.39 is 23.6 Å². The molecule has 6 nitrogen and oxygen atoms in total. The lowest BCUT2D eigenvalue weighted by Gasteiger charge is -2.18. The van der Waals surface area contributed by atoms with E-state index in [1.165, 1.54) is 29.2 Å². The van der Waals surface area contributed by atoms with Crippen LogP contribution >= 0.6 is 0 Å². The summed E-state index contributed by atoms with van der Waals surface area (Å²) in [5.74, 6) is -1.63. The van der Waals surface area contributed by atoms with Crippen LogP contribution < -0.4 is 10.6 Å². The number of alkyl halides is 3. The molecular formula is C25H18F3N3O3. The van der Waals surface area contributed by atoms with Gasteiger partial charge in [0.25, 0.3) is 11.8 Å². The van der Waals surface area contributed by atoms with Gasteiger partial charge in [0.2, 0.25) is 5.91 Å². The van der Waals surface area contributed by atoms with Crippen molar-refractivity contribution in [1.82, 2.24) is 4.90 Å². The Bertz CT molecular complexity index is 1280. The van der Waals surface area contributed by atoms with Crippen LogP contribution in [0.25, 0.3) is 5.70 Å². The van der Waals surface area contributed by atoms with Gasteiger partial charge in [-0.3, -0.25) is 19.3 Å². The first kappa shape index (κ1) is 22.8. The molecule has 1 heterocycles. The van der Waals surface area contributed by atoms with E-state index in [0.717, 1.165) is 12.1 Å². The number of halogens is 3. The van der Waals surface area contributed by atoms with Crippen molar-refractivity contribution in [2.75, 3.05) is 17.2 Å². The number of hydrogen-bond acceptors (Lipinski definition) is 3. The molecule has 0 spiro atoms. The van der Waals surface area contributed by atoms with Gasteiger partial charge in [-0.2, -0.15) is 13.2 Å². The van der Waals surface area contributed by atoms with Gasteiger partial charge in [-0.25, -0.2) is 0 Å². The maximum Gasteiger partial charge on any atom is 0.416 e. The predicted octanol–water partition coefficient (Wildman–Crippen LogP) is 5.02. The van der Waals surface area contributed by atoms with E-state index in [4.69, 9.17) is 0 Å². The lowest BCUT2D eigenvalue weighted by Crippen LogP contribution is -2.33. The van der Waals surface area contributed by atoms with Crippen LogP contribution in [0.15, 0.2) is 79.4 Å². The van der Waals surface area contributed by atoms with E-state index in [9.17, 15) is 27.6 Å². The van der Waals surface area contributed by atoms with Crippen molar-refractivity contribution in [2.24, 2.45) is 0 Å². The fraction of sp³-hybridized carbons (Fsp3) is 0.0800. The Morgan fingerprint density at radius 3 is 2.26 bits per heavy atom. The average molecular weight is 465 g/mol. The van der Waals surface area contributed by atoms with Crippen molar-refractivity contribution in [3.8, 4) is 0 Å². The van der Waals surface area contributed by atoms with E-state index in [1.54, 1.807) is 36.4 Å². The Balaban J connectivity index is 1.48. The molecule has 0 bridgehead atoms. The first-order chi connectivity index (χ1) is 16.1. The van der Waals surface area contributed by atoms with Gasteiger partial charge in [-0.1, -0.05) is 43.0 Å². The molecule has 1 aliphatic rings. The molecule has 0 unspecified atom stereocenters. The summed E-state index contributed by atoms with van der Waals surface area (Å²) in [7, 11) is 0. The molecule has 0 aliphatic carbocycles. The van der Waals surface area contributed by atoms with E-state index in [0.29, 0.717) is 16.8 Å². The Kier molecular flexibility index (Phi) is 5.93. The third kappa shape index (κ3) is 4.54. The summed E-state index contributed by atoms with van der Waals surface area (Å²) in [6.07, 6.45) is -4.55. The van der Waals surface area contributed by atoms with E-state index in [2.05, 4.69) is 17.2 Å². The maximum absolute atomic E-state index is 13.0. The van der Waals surface area contributed by atoms with Crippen LogP contribution in [0.5, 0.6) is 0 Å². The van der Waals surface area contributed by atoms with Crippen LogP contribution in [0.2, 0.25) is 0 Å². The number of rotatable bonds is 5. The van der Waals surface area contributed by atoms with E-state index >= 15 is 0 Å². The number of hydrogen-bond donors (Lipinski definition) is 2. The smallest absolute Gasteiger partial charge is 0.324 e. The lowest BCUT2D eigenvalue weighted by atomic mass is 10.1. The number of nitrogens with one attached hydrogen (secondary N) is 2. The summed E-state index contributed by atoms with van der Waals surface area (Å²) >= 11 is 0. The van der Waals surface area contributed by atoms with Gasteiger partial charge in [0.15, 0.2) is 0 Å². The highest BCUT2D eigenvalue weighted by Crippen LogP contribution is 2.32. The largest absolute Gasteiger partial charge is 0.416 e. The van der Waals surface area contributed by atoms with Crippen molar-refractivity contribution in [3.05, 3.63) is 102 Å². The molecule has 4 rings (SSSR count). The Morgan fingerprint density at radius 2 is 1.56 bits per heavy atom. The normalized spacial score (nSPS) is 13.0. The highest BCUT2D eigenvalue weighted by Gasteiger charge is 2.32. The van der Waals surface area contributed by atoms with Crippen LogP contribution in [-0.4, -0.2) is 29.2 Å². The summed E-state index contributed by atoms with van der Waals surface area (Å²) in [5, 5.41) is 5.01. The number of carbonyl (C=O) groups excluding carboxylic acids is 3. The highest BCUT2D eigenvalue weighted by atomic mass is 19.4. The third-order valence-electron chi connectivity index (χ3n) is 5.23. The van der Waals surface area contributed by atoms with Gasteiger partial charge in [0.05, 0.1) is 16.8 Å². The van der Waals surface area contributed by atoms with Crippen molar-refractivity contribution in [2.45, 2.75) is 6.18 Å². The van der Waals surface area contributed by atoms with Gasteiger partial charge < -0.3 is 10.6 Å². The van der Waals surface area contributed by atoms with Crippen LogP contribution in [0.3, 0.4) is 0 Å². The fourth-order valence-corrected chi connectivity index (χ4v) is 3.60. The second-order valence-electron chi connectivity index (χ2n) is 7.51. The molecule has 3 aromatic carbocycles. The van der Waals surface area contributed by atoms with Crippen LogP contribution in [0.1, 0.15) is 31.8 Å². The molecule has 0 radical (unpaired) electrons. The van der Waals surface area contributed by atoms with Gasteiger partial charge >= 0.3 is 6.18 Å². The molecule has 1 aliphatic heterocycles. The quantitative estimate of drug-likeness (QED) is 0.555.